The van der Waals surface area contributed by atoms with Crippen LogP contribution in [-0.4, -0.2) is 45.9 Å². The van der Waals surface area contributed by atoms with Crippen molar-refractivity contribution in [3.8, 4) is 11.1 Å². The number of benzene rings is 2. The topological polar surface area (TPSA) is 66.6 Å². The third-order valence-electron chi connectivity index (χ3n) is 6.00. The van der Waals surface area contributed by atoms with Gasteiger partial charge in [0, 0.05) is 31.6 Å². The molecule has 7 heteroatoms. The van der Waals surface area contributed by atoms with Crippen LogP contribution in [0.1, 0.15) is 12.8 Å². The van der Waals surface area contributed by atoms with E-state index >= 15 is 0 Å². The maximum Gasteiger partial charge on any atom is 0.229 e. The molecule has 1 aliphatic heterocycles. The summed E-state index contributed by atoms with van der Waals surface area (Å²) in [5, 5.41) is 12.5. The van der Waals surface area contributed by atoms with Gasteiger partial charge in [0.25, 0.3) is 0 Å². The number of para-hydroxylation sites is 1. The maximum atomic E-state index is 13.3. The molecule has 31 heavy (non-hydrogen) atoms. The number of hydrogen-bond acceptors (Lipinski definition) is 5. The quantitative estimate of drug-likeness (QED) is 0.512. The zero-order valence-electron chi connectivity index (χ0n) is 17.4. The molecule has 0 N–H and O–H groups in total. The SMILES string of the molecule is CN(C(=O)C1CCN(c2ccc3nncn3n2)CC1)c1ccccc1-c1ccccc1. The number of piperidine rings is 1. The Morgan fingerprint density at radius 1 is 0.968 bits per heavy atom. The fourth-order valence-electron chi connectivity index (χ4n) is 4.26. The average Bonchev–Trinajstić information content (AvgIpc) is 3.32. The van der Waals surface area contributed by atoms with Crippen molar-refractivity contribution in [1.82, 2.24) is 19.8 Å². The number of carbonyl (C=O) groups is 1. The Kier molecular flexibility index (Phi) is 5.08. The van der Waals surface area contributed by atoms with E-state index in [2.05, 4.69) is 38.4 Å². The Hall–Kier alpha value is -3.74. The summed E-state index contributed by atoms with van der Waals surface area (Å²) in [6.07, 6.45) is 3.21. The molecule has 3 heterocycles. The zero-order chi connectivity index (χ0) is 21.2. The fourth-order valence-corrected chi connectivity index (χ4v) is 4.26. The van der Waals surface area contributed by atoms with E-state index in [1.54, 1.807) is 10.8 Å². The molecule has 0 saturated carbocycles. The Balaban J connectivity index is 1.30. The molecule has 4 aromatic rings. The van der Waals surface area contributed by atoms with Crippen molar-refractivity contribution in [2.45, 2.75) is 12.8 Å². The van der Waals surface area contributed by atoms with Crippen LogP contribution in [0.4, 0.5) is 11.5 Å². The zero-order valence-corrected chi connectivity index (χ0v) is 17.4. The second kappa shape index (κ2) is 8.18. The Morgan fingerprint density at radius 2 is 1.71 bits per heavy atom. The largest absolute Gasteiger partial charge is 0.355 e. The van der Waals surface area contributed by atoms with Crippen molar-refractivity contribution in [2.75, 3.05) is 29.9 Å². The molecule has 5 rings (SSSR count). The molecule has 1 amide bonds. The first-order valence-electron chi connectivity index (χ1n) is 10.5. The minimum Gasteiger partial charge on any atom is -0.355 e. The van der Waals surface area contributed by atoms with Crippen molar-refractivity contribution < 1.29 is 4.79 Å². The first-order valence-corrected chi connectivity index (χ1v) is 10.5. The summed E-state index contributed by atoms with van der Waals surface area (Å²) in [6.45, 7) is 1.59. The highest BCUT2D eigenvalue weighted by Crippen LogP contribution is 2.32. The van der Waals surface area contributed by atoms with Gasteiger partial charge in [-0.25, -0.2) is 0 Å². The highest BCUT2D eigenvalue weighted by Gasteiger charge is 2.29. The Labute approximate surface area is 180 Å². The molecule has 0 unspecified atom stereocenters. The van der Waals surface area contributed by atoms with Gasteiger partial charge in [0.2, 0.25) is 5.91 Å². The predicted molar refractivity (Wildman–Crippen MR) is 121 cm³/mol. The third-order valence-corrected chi connectivity index (χ3v) is 6.00. The lowest BCUT2D eigenvalue weighted by molar-refractivity contribution is -0.122. The molecule has 7 nitrogen and oxygen atoms in total. The van der Waals surface area contributed by atoms with Crippen molar-refractivity contribution in [3.05, 3.63) is 73.1 Å². The summed E-state index contributed by atoms with van der Waals surface area (Å²) >= 11 is 0. The van der Waals surface area contributed by atoms with E-state index in [0.29, 0.717) is 0 Å². The first-order chi connectivity index (χ1) is 15.2. The molecule has 0 atom stereocenters. The Bertz CT molecular complexity index is 1200. The third kappa shape index (κ3) is 3.74. The molecule has 1 saturated heterocycles. The van der Waals surface area contributed by atoms with Crippen molar-refractivity contribution in [2.24, 2.45) is 5.92 Å². The number of amides is 1. The van der Waals surface area contributed by atoms with E-state index in [4.69, 9.17) is 0 Å². The molecule has 2 aromatic heterocycles. The number of anilines is 2. The number of nitrogens with zero attached hydrogens (tertiary/aromatic N) is 6. The number of aromatic nitrogens is 4. The van der Waals surface area contributed by atoms with Crippen molar-refractivity contribution in [1.29, 1.82) is 0 Å². The van der Waals surface area contributed by atoms with Gasteiger partial charge in [-0.3, -0.25) is 4.79 Å². The van der Waals surface area contributed by atoms with Crippen LogP contribution in [0.5, 0.6) is 0 Å². The second-order valence-corrected chi connectivity index (χ2v) is 7.87. The van der Waals surface area contributed by atoms with Gasteiger partial charge in [0.1, 0.15) is 12.1 Å². The lowest BCUT2D eigenvalue weighted by atomic mass is 9.94. The molecular formula is C24H24N6O. The summed E-state index contributed by atoms with van der Waals surface area (Å²) in [5.41, 5.74) is 3.86. The van der Waals surface area contributed by atoms with Gasteiger partial charge in [-0.2, -0.15) is 4.52 Å². The summed E-state index contributed by atoms with van der Waals surface area (Å²) in [5.74, 6) is 1.06. The monoisotopic (exact) mass is 412 g/mol. The Morgan fingerprint density at radius 3 is 2.52 bits per heavy atom. The van der Waals surface area contributed by atoms with E-state index in [0.717, 1.165) is 54.2 Å². The van der Waals surface area contributed by atoms with Crippen molar-refractivity contribution in [3.63, 3.8) is 0 Å². The van der Waals surface area contributed by atoms with E-state index in [9.17, 15) is 4.79 Å². The van der Waals surface area contributed by atoms with Crippen LogP contribution < -0.4 is 9.80 Å². The van der Waals surface area contributed by atoms with Gasteiger partial charge in [-0.05, 0) is 36.6 Å². The van der Waals surface area contributed by atoms with Gasteiger partial charge < -0.3 is 9.80 Å². The summed E-state index contributed by atoms with van der Waals surface area (Å²) < 4.78 is 1.68. The highest BCUT2D eigenvalue weighted by molar-refractivity contribution is 5.98. The summed E-state index contributed by atoms with van der Waals surface area (Å²) in [7, 11) is 1.89. The first kappa shape index (κ1) is 19.2. The number of rotatable bonds is 4. The lowest BCUT2D eigenvalue weighted by Gasteiger charge is -2.34. The molecular weight excluding hydrogens is 388 g/mol. The van der Waals surface area contributed by atoms with Crippen LogP contribution in [-0.2, 0) is 4.79 Å². The van der Waals surface area contributed by atoms with Crippen LogP contribution in [0.15, 0.2) is 73.1 Å². The molecule has 156 valence electrons. The van der Waals surface area contributed by atoms with Crippen LogP contribution in [0.3, 0.4) is 0 Å². The number of fused-ring (bicyclic) bond motifs is 1. The van der Waals surface area contributed by atoms with Gasteiger partial charge in [0.15, 0.2) is 5.65 Å². The van der Waals surface area contributed by atoms with E-state index in [1.165, 1.54) is 0 Å². The average molecular weight is 412 g/mol. The molecule has 0 radical (unpaired) electrons. The highest BCUT2D eigenvalue weighted by atomic mass is 16.2. The molecule has 0 aliphatic carbocycles. The summed E-state index contributed by atoms with van der Waals surface area (Å²) in [4.78, 5) is 17.4. The standard InChI is InChI=1S/C24H24N6O/c1-28(21-10-6-5-9-20(21)18-7-3-2-4-8-18)24(31)19-13-15-29(16-14-19)23-12-11-22-26-25-17-30(22)27-23/h2-12,17,19H,13-16H2,1H3. The molecule has 0 bridgehead atoms. The van der Waals surface area contributed by atoms with Crippen LogP contribution >= 0.6 is 0 Å². The fraction of sp³-hybridized carbons (Fsp3) is 0.250. The molecule has 1 aliphatic rings. The molecule has 0 spiro atoms. The maximum absolute atomic E-state index is 13.3. The van der Waals surface area contributed by atoms with Gasteiger partial charge >= 0.3 is 0 Å². The number of carbonyl (C=O) groups excluding carboxylic acids is 1. The minimum absolute atomic E-state index is 0.00345. The van der Waals surface area contributed by atoms with Gasteiger partial charge in [-0.15, -0.1) is 15.3 Å². The molecule has 2 aromatic carbocycles. The second-order valence-electron chi connectivity index (χ2n) is 7.87. The summed E-state index contributed by atoms with van der Waals surface area (Å²) in [6, 6.07) is 22.2. The van der Waals surface area contributed by atoms with Crippen LogP contribution in [0.25, 0.3) is 16.8 Å². The smallest absolute Gasteiger partial charge is 0.229 e. The van der Waals surface area contributed by atoms with Gasteiger partial charge in [0.05, 0.1) is 5.69 Å². The number of hydrogen-bond donors (Lipinski definition) is 0. The van der Waals surface area contributed by atoms with Gasteiger partial charge in [-0.1, -0.05) is 48.5 Å². The predicted octanol–water partition coefficient (Wildman–Crippen LogP) is 3.67. The van der Waals surface area contributed by atoms with Crippen LogP contribution in [0, 0.1) is 5.92 Å². The van der Waals surface area contributed by atoms with E-state index < -0.39 is 0 Å². The lowest BCUT2D eigenvalue weighted by Crippen LogP contribution is -2.41. The van der Waals surface area contributed by atoms with E-state index in [1.807, 2.05) is 60.5 Å². The van der Waals surface area contributed by atoms with Crippen molar-refractivity contribution >= 4 is 23.1 Å². The normalized spacial score (nSPS) is 14.7. The van der Waals surface area contributed by atoms with Crippen LogP contribution in [0.2, 0.25) is 0 Å². The minimum atomic E-state index is 0.00345. The van der Waals surface area contributed by atoms with E-state index in [-0.39, 0.29) is 11.8 Å². The molecule has 1 fully saturated rings.